The predicted molar refractivity (Wildman–Crippen MR) is 65.8 cm³/mol. The van der Waals surface area contributed by atoms with E-state index in [-0.39, 0.29) is 17.2 Å². The van der Waals surface area contributed by atoms with Gasteiger partial charge in [0.25, 0.3) is 0 Å². The van der Waals surface area contributed by atoms with Crippen LogP contribution in [0.3, 0.4) is 0 Å². The smallest absolute Gasteiger partial charge is 0.243 e. The Hall–Kier alpha value is -1.24. The van der Waals surface area contributed by atoms with Crippen LogP contribution < -0.4 is 0 Å². The van der Waals surface area contributed by atoms with Crippen LogP contribution in [-0.2, 0) is 10.0 Å². The summed E-state index contributed by atoms with van der Waals surface area (Å²) >= 11 is 0. The lowest BCUT2D eigenvalue weighted by Crippen LogP contribution is -2.29. The van der Waals surface area contributed by atoms with Crippen LogP contribution >= 0.6 is 0 Å². The molecule has 0 saturated carbocycles. The van der Waals surface area contributed by atoms with Gasteiger partial charge in [-0.25, -0.2) is 8.42 Å². The predicted octanol–water partition coefficient (Wildman–Crippen LogP) is 0.645. The number of sulfonamides is 1. The van der Waals surface area contributed by atoms with E-state index in [2.05, 4.69) is 0 Å². The minimum absolute atomic E-state index is 0.101. The minimum Gasteiger partial charge on any atom is -0.392 e. The highest BCUT2D eigenvalue weighted by Gasteiger charge is 2.31. The van der Waals surface area contributed by atoms with Gasteiger partial charge < -0.3 is 5.11 Å². The second kappa shape index (κ2) is 4.79. The molecule has 1 fully saturated rings. The first-order valence-electron chi connectivity index (χ1n) is 5.70. The number of carbonyl (C=O) groups is 1. The van der Waals surface area contributed by atoms with Gasteiger partial charge in [-0.05, 0) is 25.5 Å². The van der Waals surface area contributed by atoms with Gasteiger partial charge in [0.1, 0.15) is 0 Å². The van der Waals surface area contributed by atoms with Crippen molar-refractivity contribution in [3.63, 3.8) is 0 Å². The standard InChI is InChI=1S/C12H15NO4S/c1-9(14)10-2-4-12(5-3-10)18(16,17)13-7-6-11(15)8-13/h2-5,11,15H,6-8H2,1H3/t11-/m1/s1. The highest BCUT2D eigenvalue weighted by Crippen LogP contribution is 2.21. The summed E-state index contributed by atoms with van der Waals surface area (Å²) < 4.78 is 25.6. The number of rotatable bonds is 3. The molecule has 1 aliphatic heterocycles. The third-order valence-electron chi connectivity index (χ3n) is 3.02. The summed E-state index contributed by atoms with van der Waals surface area (Å²) in [4.78, 5) is 11.3. The summed E-state index contributed by atoms with van der Waals surface area (Å²) in [7, 11) is -3.55. The molecular weight excluding hydrogens is 254 g/mol. The second-order valence-corrected chi connectivity index (χ2v) is 6.32. The van der Waals surface area contributed by atoms with Crippen molar-refractivity contribution in [1.82, 2.24) is 4.31 Å². The molecule has 0 bridgehead atoms. The van der Waals surface area contributed by atoms with E-state index in [1.807, 2.05) is 0 Å². The average Bonchev–Trinajstić information content (AvgIpc) is 2.76. The molecule has 0 radical (unpaired) electrons. The maximum Gasteiger partial charge on any atom is 0.243 e. The molecule has 0 aliphatic carbocycles. The molecule has 1 heterocycles. The first kappa shape index (κ1) is 13.2. The van der Waals surface area contributed by atoms with Crippen molar-refractivity contribution in [1.29, 1.82) is 0 Å². The normalized spacial score (nSPS) is 21.1. The number of Topliss-reactive ketones (excluding diaryl/α,β-unsaturated/α-hetero) is 1. The molecule has 98 valence electrons. The molecule has 1 N–H and O–H groups in total. The van der Waals surface area contributed by atoms with Crippen molar-refractivity contribution in [2.24, 2.45) is 0 Å². The van der Waals surface area contributed by atoms with Gasteiger partial charge in [-0.15, -0.1) is 0 Å². The van der Waals surface area contributed by atoms with Gasteiger partial charge in [0.05, 0.1) is 11.0 Å². The maximum atomic E-state index is 12.2. The molecule has 0 aromatic heterocycles. The highest BCUT2D eigenvalue weighted by atomic mass is 32.2. The molecule has 18 heavy (non-hydrogen) atoms. The number of hydrogen-bond acceptors (Lipinski definition) is 4. The van der Waals surface area contributed by atoms with Gasteiger partial charge in [0.2, 0.25) is 10.0 Å². The second-order valence-electron chi connectivity index (χ2n) is 4.39. The number of hydrogen-bond donors (Lipinski definition) is 1. The number of ketones is 1. The Balaban J connectivity index is 2.27. The number of nitrogens with zero attached hydrogens (tertiary/aromatic N) is 1. The maximum absolute atomic E-state index is 12.2. The van der Waals surface area contributed by atoms with Crippen molar-refractivity contribution in [2.45, 2.75) is 24.3 Å². The summed E-state index contributed by atoms with van der Waals surface area (Å²) in [6.07, 6.45) is -0.124. The topological polar surface area (TPSA) is 74.7 Å². The van der Waals surface area contributed by atoms with E-state index in [0.717, 1.165) is 0 Å². The lowest BCUT2D eigenvalue weighted by Gasteiger charge is -2.15. The third-order valence-corrected chi connectivity index (χ3v) is 4.90. The fourth-order valence-corrected chi connectivity index (χ4v) is 3.43. The Morgan fingerprint density at radius 2 is 1.94 bits per heavy atom. The molecule has 0 amide bonds. The van der Waals surface area contributed by atoms with Crippen LogP contribution in [0.25, 0.3) is 0 Å². The van der Waals surface area contributed by atoms with Crippen LogP contribution in [-0.4, -0.2) is 42.8 Å². The number of β-amino-alcohol motifs (C(OH)–C–C–N with tert-alkyl or cyclic N) is 1. The number of aliphatic hydroxyl groups is 1. The number of carbonyl (C=O) groups excluding carboxylic acids is 1. The average molecular weight is 269 g/mol. The fraction of sp³-hybridized carbons (Fsp3) is 0.417. The molecule has 1 atom stereocenters. The quantitative estimate of drug-likeness (QED) is 0.817. The van der Waals surface area contributed by atoms with E-state index < -0.39 is 16.1 Å². The summed E-state index contributed by atoms with van der Waals surface area (Å²) in [5, 5.41) is 9.38. The minimum atomic E-state index is -3.55. The van der Waals surface area contributed by atoms with Crippen molar-refractivity contribution in [3.05, 3.63) is 29.8 Å². The van der Waals surface area contributed by atoms with E-state index >= 15 is 0 Å². The van der Waals surface area contributed by atoms with E-state index in [1.54, 1.807) is 0 Å². The molecule has 5 nitrogen and oxygen atoms in total. The van der Waals surface area contributed by atoms with Crippen molar-refractivity contribution in [2.75, 3.05) is 13.1 Å². The van der Waals surface area contributed by atoms with Crippen molar-refractivity contribution < 1.29 is 18.3 Å². The Morgan fingerprint density at radius 3 is 2.39 bits per heavy atom. The van der Waals surface area contributed by atoms with Crippen LogP contribution in [0.1, 0.15) is 23.7 Å². The molecule has 0 spiro atoms. The van der Waals surface area contributed by atoms with Gasteiger partial charge in [-0.2, -0.15) is 4.31 Å². The van der Waals surface area contributed by atoms with Crippen molar-refractivity contribution >= 4 is 15.8 Å². The molecule has 0 unspecified atom stereocenters. The fourth-order valence-electron chi connectivity index (χ4n) is 1.94. The summed E-state index contributed by atoms with van der Waals surface area (Å²) in [6, 6.07) is 5.86. The molecule has 1 aromatic rings. The molecule has 1 aromatic carbocycles. The van der Waals surface area contributed by atoms with Gasteiger partial charge >= 0.3 is 0 Å². The van der Waals surface area contributed by atoms with Crippen LogP contribution in [0, 0.1) is 0 Å². The molecule has 1 aliphatic rings. The largest absolute Gasteiger partial charge is 0.392 e. The van der Waals surface area contributed by atoms with Crippen molar-refractivity contribution in [3.8, 4) is 0 Å². The zero-order valence-electron chi connectivity index (χ0n) is 10.0. The lowest BCUT2D eigenvalue weighted by molar-refractivity contribution is 0.101. The first-order chi connectivity index (χ1) is 8.41. The zero-order chi connectivity index (χ0) is 13.3. The van der Waals surface area contributed by atoms with Crippen LogP contribution in [0.5, 0.6) is 0 Å². The van der Waals surface area contributed by atoms with E-state index in [0.29, 0.717) is 18.5 Å². The molecule has 2 rings (SSSR count). The third kappa shape index (κ3) is 2.45. The Kier molecular flexibility index (Phi) is 3.52. The Morgan fingerprint density at radius 1 is 1.33 bits per heavy atom. The van der Waals surface area contributed by atoms with Crippen LogP contribution in [0.15, 0.2) is 29.2 Å². The van der Waals surface area contributed by atoms with E-state index in [1.165, 1.54) is 35.5 Å². The highest BCUT2D eigenvalue weighted by molar-refractivity contribution is 7.89. The van der Waals surface area contributed by atoms with Crippen LogP contribution in [0.4, 0.5) is 0 Å². The van der Waals surface area contributed by atoms with Gasteiger partial charge in [0.15, 0.2) is 5.78 Å². The van der Waals surface area contributed by atoms with Gasteiger partial charge in [-0.1, -0.05) is 12.1 Å². The lowest BCUT2D eigenvalue weighted by atomic mass is 10.2. The van der Waals surface area contributed by atoms with E-state index in [4.69, 9.17) is 0 Å². The Labute approximate surface area is 106 Å². The first-order valence-corrected chi connectivity index (χ1v) is 7.14. The SMILES string of the molecule is CC(=O)c1ccc(S(=O)(=O)N2CC[C@@H](O)C2)cc1. The number of aliphatic hydroxyl groups excluding tert-OH is 1. The molecular formula is C12H15NO4S. The Bertz CT molecular complexity index is 550. The van der Waals surface area contributed by atoms with Gasteiger partial charge in [-0.3, -0.25) is 4.79 Å². The van der Waals surface area contributed by atoms with E-state index in [9.17, 15) is 18.3 Å². The van der Waals surface area contributed by atoms with Crippen LogP contribution in [0.2, 0.25) is 0 Å². The summed E-state index contributed by atoms with van der Waals surface area (Å²) in [5.41, 5.74) is 0.482. The summed E-state index contributed by atoms with van der Waals surface area (Å²) in [6.45, 7) is 1.90. The molecule has 6 heteroatoms. The monoisotopic (exact) mass is 269 g/mol. The zero-order valence-corrected chi connectivity index (χ0v) is 10.9. The summed E-state index contributed by atoms with van der Waals surface area (Å²) in [5.74, 6) is -0.101. The number of benzene rings is 1. The van der Waals surface area contributed by atoms with Gasteiger partial charge in [0, 0.05) is 18.7 Å². The molecule has 1 saturated heterocycles.